The van der Waals surface area contributed by atoms with Crippen LogP contribution in [0.5, 0.6) is 0 Å². The van der Waals surface area contributed by atoms with E-state index in [1.54, 1.807) is 12.3 Å². The average Bonchev–Trinajstić information content (AvgIpc) is 2.85. The Morgan fingerprint density at radius 1 is 1.30 bits per heavy atom. The maximum Gasteiger partial charge on any atom is 0.253 e. The van der Waals surface area contributed by atoms with Gasteiger partial charge in [0.05, 0.1) is 22.6 Å². The van der Waals surface area contributed by atoms with E-state index in [4.69, 9.17) is 0 Å². The van der Waals surface area contributed by atoms with Crippen molar-refractivity contribution in [2.24, 2.45) is 0 Å². The Labute approximate surface area is 117 Å². The number of aromatic nitrogens is 1. The molecule has 6 heteroatoms. The number of fused-ring (bicyclic) bond motifs is 1. The summed E-state index contributed by atoms with van der Waals surface area (Å²) in [5.74, 6) is 0.0468. The van der Waals surface area contributed by atoms with Crippen LogP contribution in [0.25, 0.3) is 10.9 Å². The summed E-state index contributed by atoms with van der Waals surface area (Å²) in [6.07, 6.45) is 3.11. The lowest BCUT2D eigenvalue weighted by molar-refractivity contribution is 0.0940. The van der Waals surface area contributed by atoms with Crippen molar-refractivity contribution >= 4 is 26.6 Å². The SMILES string of the molecule is O=C(NC1CCCS(=O)(=O)C1)c1cccc2cc[nH]c12. The van der Waals surface area contributed by atoms with Crippen LogP contribution >= 0.6 is 0 Å². The van der Waals surface area contributed by atoms with Gasteiger partial charge in [-0.15, -0.1) is 0 Å². The Morgan fingerprint density at radius 2 is 2.15 bits per heavy atom. The number of nitrogens with one attached hydrogen (secondary N) is 2. The fraction of sp³-hybridized carbons (Fsp3) is 0.357. The van der Waals surface area contributed by atoms with E-state index in [0.29, 0.717) is 18.4 Å². The molecule has 1 aromatic heterocycles. The van der Waals surface area contributed by atoms with Gasteiger partial charge in [0.25, 0.3) is 5.91 Å². The normalized spacial score (nSPS) is 21.7. The van der Waals surface area contributed by atoms with Crippen LogP contribution in [0.3, 0.4) is 0 Å². The molecule has 20 heavy (non-hydrogen) atoms. The van der Waals surface area contributed by atoms with E-state index >= 15 is 0 Å². The summed E-state index contributed by atoms with van der Waals surface area (Å²) in [5, 5.41) is 3.80. The van der Waals surface area contributed by atoms with Gasteiger partial charge < -0.3 is 10.3 Å². The molecule has 0 radical (unpaired) electrons. The van der Waals surface area contributed by atoms with Gasteiger partial charge in [-0.05, 0) is 25.0 Å². The first-order chi connectivity index (χ1) is 9.55. The third-order valence-electron chi connectivity index (χ3n) is 3.63. The molecule has 2 aromatic rings. The highest BCUT2D eigenvalue weighted by Crippen LogP contribution is 2.18. The van der Waals surface area contributed by atoms with E-state index in [1.807, 2.05) is 18.2 Å². The van der Waals surface area contributed by atoms with Gasteiger partial charge in [0.1, 0.15) is 0 Å². The van der Waals surface area contributed by atoms with Crippen LogP contribution in [0.2, 0.25) is 0 Å². The van der Waals surface area contributed by atoms with Gasteiger partial charge in [0.2, 0.25) is 0 Å². The van der Waals surface area contributed by atoms with E-state index in [0.717, 1.165) is 10.9 Å². The van der Waals surface area contributed by atoms with Gasteiger partial charge in [0, 0.05) is 17.6 Å². The molecule has 1 aromatic carbocycles. The lowest BCUT2D eigenvalue weighted by atomic mass is 10.1. The molecule has 0 spiro atoms. The molecule has 0 aliphatic carbocycles. The van der Waals surface area contributed by atoms with Crippen molar-refractivity contribution in [2.75, 3.05) is 11.5 Å². The Hall–Kier alpha value is -1.82. The molecule has 1 aliphatic rings. The molecule has 2 N–H and O–H groups in total. The van der Waals surface area contributed by atoms with Crippen LogP contribution in [-0.4, -0.2) is 36.9 Å². The number of para-hydroxylation sites is 1. The third kappa shape index (κ3) is 2.56. The fourth-order valence-corrected chi connectivity index (χ4v) is 4.31. The average molecular weight is 292 g/mol. The first kappa shape index (κ1) is 13.2. The minimum atomic E-state index is -3.01. The van der Waals surface area contributed by atoms with Crippen LogP contribution < -0.4 is 5.32 Å². The first-order valence-corrected chi connectivity index (χ1v) is 8.45. The monoisotopic (exact) mass is 292 g/mol. The molecule has 1 saturated heterocycles. The summed E-state index contributed by atoms with van der Waals surface area (Å²) >= 11 is 0. The number of hydrogen-bond acceptors (Lipinski definition) is 3. The van der Waals surface area contributed by atoms with E-state index in [2.05, 4.69) is 10.3 Å². The van der Waals surface area contributed by atoms with Gasteiger partial charge >= 0.3 is 0 Å². The van der Waals surface area contributed by atoms with E-state index in [9.17, 15) is 13.2 Å². The van der Waals surface area contributed by atoms with Crippen molar-refractivity contribution in [3.63, 3.8) is 0 Å². The van der Waals surface area contributed by atoms with Crippen molar-refractivity contribution in [1.82, 2.24) is 10.3 Å². The summed E-state index contributed by atoms with van der Waals surface area (Å²) in [7, 11) is -3.01. The Kier molecular flexibility index (Phi) is 3.25. The van der Waals surface area contributed by atoms with E-state index in [-0.39, 0.29) is 23.5 Å². The predicted octanol–water partition coefficient (Wildman–Crippen LogP) is 1.47. The van der Waals surface area contributed by atoms with Crippen molar-refractivity contribution in [2.45, 2.75) is 18.9 Å². The number of aromatic amines is 1. The zero-order valence-electron chi connectivity index (χ0n) is 10.9. The number of sulfone groups is 1. The maximum atomic E-state index is 12.3. The van der Waals surface area contributed by atoms with Crippen molar-refractivity contribution < 1.29 is 13.2 Å². The highest BCUT2D eigenvalue weighted by molar-refractivity contribution is 7.91. The van der Waals surface area contributed by atoms with Gasteiger partial charge in [-0.3, -0.25) is 4.79 Å². The molecular formula is C14H16N2O3S. The molecule has 1 amide bonds. The molecule has 3 rings (SSSR count). The molecule has 2 heterocycles. The number of hydrogen-bond donors (Lipinski definition) is 2. The van der Waals surface area contributed by atoms with Crippen LogP contribution in [0, 0.1) is 0 Å². The summed E-state index contributed by atoms with van der Waals surface area (Å²) in [6, 6.07) is 7.10. The largest absolute Gasteiger partial charge is 0.361 e. The molecule has 1 atom stereocenters. The number of carbonyl (C=O) groups is 1. The molecule has 106 valence electrons. The van der Waals surface area contributed by atoms with Crippen LogP contribution in [0.15, 0.2) is 30.5 Å². The highest BCUT2D eigenvalue weighted by Gasteiger charge is 2.26. The second kappa shape index (κ2) is 4.94. The summed E-state index contributed by atoms with van der Waals surface area (Å²) in [4.78, 5) is 15.4. The van der Waals surface area contributed by atoms with Crippen molar-refractivity contribution in [3.8, 4) is 0 Å². The molecule has 0 saturated carbocycles. The second-order valence-electron chi connectivity index (χ2n) is 5.17. The zero-order chi connectivity index (χ0) is 14.2. The Bertz CT molecular complexity index is 749. The molecule has 1 aliphatic heterocycles. The molecule has 1 unspecified atom stereocenters. The van der Waals surface area contributed by atoms with Gasteiger partial charge in [0.15, 0.2) is 9.84 Å². The summed E-state index contributed by atoms with van der Waals surface area (Å²) < 4.78 is 23.2. The number of H-pyrrole nitrogens is 1. The highest BCUT2D eigenvalue weighted by atomic mass is 32.2. The quantitative estimate of drug-likeness (QED) is 0.880. The Balaban J connectivity index is 1.81. The minimum Gasteiger partial charge on any atom is -0.361 e. The Morgan fingerprint density at radius 3 is 2.95 bits per heavy atom. The van der Waals surface area contributed by atoms with Gasteiger partial charge in [-0.2, -0.15) is 0 Å². The van der Waals surface area contributed by atoms with Gasteiger partial charge in [-0.25, -0.2) is 8.42 Å². The predicted molar refractivity (Wildman–Crippen MR) is 77.4 cm³/mol. The zero-order valence-corrected chi connectivity index (χ0v) is 11.7. The lowest BCUT2D eigenvalue weighted by Crippen LogP contribution is -2.43. The van der Waals surface area contributed by atoms with Gasteiger partial charge in [-0.1, -0.05) is 12.1 Å². The first-order valence-electron chi connectivity index (χ1n) is 6.62. The molecule has 1 fully saturated rings. The lowest BCUT2D eigenvalue weighted by Gasteiger charge is -2.23. The minimum absolute atomic E-state index is 0.0411. The van der Waals surface area contributed by atoms with E-state index in [1.165, 1.54) is 0 Å². The standard InChI is InChI=1S/C14H16N2O3S/c17-14(16-11-4-2-8-20(18,19)9-11)12-5-1-3-10-6-7-15-13(10)12/h1,3,5-7,11,15H,2,4,8-9H2,(H,16,17). The van der Waals surface area contributed by atoms with Crippen molar-refractivity contribution in [3.05, 3.63) is 36.0 Å². The molecule has 0 bridgehead atoms. The third-order valence-corrected chi connectivity index (χ3v) is 5.45. The van der Waals surface area contributed by atoms with Crippen LogP contribution in [0.4, 0.5) is 0 Å². The maximum absolute atomic E-state index is 12.3. The number of carbonyl (C=O) groups excluding carboxylic acids is 1. The number of rotatable bonds is 2. The van der Waals surface area contributed by atoms with E-state index < -0.39 is 9.84 Å². The van der Waals surface area contributed by atoms with Crippen molar-refractivity contribution in [1.29, 1.82) is 0 Å². The number of amides is 1. The topological polar surface area (TPSA) is 79.0 Å². The molecule has 5 nitrogen and oxygen atoms in total. The smallest absolute Gasteiger partial charge is 0.253 e. The second-order valence-corrected chi connectivity index (χ2v) is 7.40. The summed E-state index contributed by atoms with van der Waals surface area (Å²) in [5.41, 5.74) is 1.33. The summed E-state index contributed by atoms with van der Waals surface area (Å²) in [6.45, 7) is 0. The fourth-order valence-electron chi connectivity index (χ4n) is 2.67. The van der Waals surface area contributed by atoms with Crippen LogP contribution in [0.1, 0.15) is 23.2 Å². The molecular weight excluding hydrogens is 276 g/mol. The number of benzene rings is 1. The van der Waals surface area contributed by atoms with Crippen LogP contribution in [-0.2, 0) is 9.84 Å².